The van der Waals surface area contributed by atoms with Crippen LogP contribution >= 0.6 is 0 Å². The van der Waals surface area contributed by atoms with Crippen LogP contribution in [0.25, 0.3) is 10.9 Å². The van der Waals surface area contributed by atoms with Gasteiger partial charge < -0.3 is 14.7 Å². The molecule has 6 nitrogen and oxygen atoms in total. The monoisotopic (exact) mass is 310 g/mol. The highest BCUT2D eigenvalue weighted by atomic mass is 16.5. The molecular formula is C17H18N4O2. The van der Waals surface area contributed by atoms with Crippen molar-refractivity contribution in [2.75, 3.05) is 23.8 Å². The summed E-state index contributed by atoms with van der Waals surface area (Å²) in [5.41, 5.74) is 3.03. The molecule has 2 heterocycles. The number of carbonyl (C=O) groups is 1. The van der Waals surface area contributed by atoms with Crippen LogP contribution in [-0.4, -0.2) is 29.6 Å². The van der Waals surface area contributed by atoms with E-state index >= 15 is 0 Å². The van der Waals surface area contributed by atoms with Crippen LogP contribution in [0.3, 0.4) is 0 Å². The Labute approximate surface area is 134 Å². The van der Waals surface area contributed by atoms with Crippen molar-refractivity contribution in [1.82, 2.24) is 10.1 Å². The number of nitrogens with zero attached hydrogens (tertiary/aromatic N) is 3. The summed E-state index contributed by atoms with van der Waals surface area (Å²) in [6.07, 6.45) is 1.75. The van der Waals surface area contributed by atoms with E-state index in [9.17, 15) is 4.79 Å². The van der Waals surface area contributed by atoms with Gasteiger partial charge in [0.1, 0.15) is 5.76 Å². The fourth-order valence-corrected chi connectivity index (χ4v) is 2.49. The van der Waals surface area contributed by atoms with Crippen molar-refractivity contribution in [3.05, 3.63) is 47.9 Å². The van der Waals surface area contributed by atoms with Crippen molar-refractivity contribution < 1.29 is 9.32 Å². The van der Waals surface area contributed by atoms with E-state index in [1.54, 1.807) is 19.2 Å². The normalized spacial score (nSPS) is 10.7. The lowest BCUT2D eigenvalue weighted by Crippen LogP contribution is -2.30. The number of anilines is 2. The fourth-order valence-electron chi connectivity index (χ4n) is 2.49. The highest BCUT2D eigenvalue weighted by Crippen LogP contribution is 2.25. The maximum atomic E-state index is 12.2. The van der Waals surface area contributed by atoms with E-state index in [2.05, 4.69) is 21.5 Å². The maximum absolute atomic E-state index is 12.2. The highest BCUT2D eigenvalue weighted by Gasteiger charge is 2.12. The molecule has 6 heteroatoms. The third-order valence-corrected chi connectivity index (χ3v) is 3.56. The van der Waals surface area contributed by atoms with Crippen molar-refractivity contribution in [1.29, 1.82) is 0 Å². The van der Waals surface area contributed by atoms with E-state index in [-0.39, 0.29) is 12.5 Å². The molecule has 23 heavy (non-hydrogen) atoms. The quantitative estimate of drug-likeness (QED) is 0.802. The maximum Gasteiger partial charge on any atom is 0.245 e. The van der Waals surface area contributed by atoms with Gasteiger partial charge in [0.15, 0.2) is 5.82 Å². The highest BCUT2D eigenvalue weighted by molar-refractivity contribution is 5.97. The molecule has 0 fully saturated rings. The molecule has 0 spiro atoms. The number of hydrogen-bond donors (Lipinski definition) is 1. The van der Waals surface area contributed by atoms with Gasteiger partial charge in [-0.15, -0.1) is 0 Å². The van der Waals surface area contributed by atoms with Gasteiger partial charge in [0.2, 0.25) is 5.91 Å². The van der Waals surface area contributed by atoms with Crippen LogP contribution < -0.4 is 10.2 Å². The van der Waals surface area contributed by atoms with Gasteiger partial charge >= 0.3 is 0 Å². The molecule has 0 saturated heterocycles. The molecule has 2 aromatic heterocycles. The predicted octanol–water partition coefficient (Wildman–Crippen LogP) is 2.91. The third-order valence-electron chi connectivity index (χ3n) is 3.56. The minimum absolute atomic E-state index is 0.154. The molecule has 1 amide bonds. The molecule has 0 radical (unpaired) electrons. The Morgan fingerprint density at radius 2 is 2.09 bits per heavy atom. The molecule has 0 unspecified atom stereocenters. The van der Waals surface area contributed by atoms with Crippen LogP contribution in [0.1, 0.15) is 11.3 Å². The second-order valence-electron chi connectivity index (χ2n) is 5.58. The van der Waals surface area contributed by atoms with Gasteiger partial charge in [-0.3, -0.25) is 9.78 Å². The second-order valence-corrected chi connectivity index (χ2v) is 5.58. The number of hydrogen-bond acceptors (Lipinski definition) is 5. The number of carbonyl (C=O) groups excluding carboxylic acids is 1. The first-order valence-electron chi connectivity index (χ1n) is 7.32. The van der Waals surface area contributed by atoms with Crippen LogP contribution in [0.15, 0.2) is 41.1 Å². The standard InChI is InChI=1S/C17H18N4O2/c1-11-4-5-14-13(8-11)15(6-7-18-14)21(3)10-17(22)19-16-9-12(2)23-20-16/h4-9H,10H2,1-3H3,(H,19,20,22). The Kier molecular flexibility index (Phi) is 3.97. The van der Waals surface area contributed by atoms with Crippen molar-refractivity contribution in [3.8, 4) is 0 Å². The zero-order chi connectivity index (χ0) is 16.4. The average molecular weight is 310 g/mol. The van der Waals surface area contributed by atoms with E-state index in [0.29, 0.717) is 11.6 Å². The Hall–Kier alpha value is -2.89. The summed E-state index contributed by atoms with van der Waals surface area (Å²) in [4.78, 5) is 18.4. The van der Waals surface area contributed by atoms with Crippen LogP contribution in [-0.2, 0) is 4.79 Å². The molecule has 0 bridgehead atoms. The number of nitrogens with one attached hydrogen (secondary N) is 1. The number of rotatable bonds is 4. The van der Waals surface area contributed by atoms with Crippen LogP contribution in [0.2, 0.25) is 0 Å². The molecule has 0 saturated carbocycles. The number of aromatic nitrogens is 2. The van der Waals surface area contributed by atoms with Gasteiger partial charge in [0.25, 0.3) is 0 Å². The Morgan fingerprint density at radius 1 is 1.26 bits per heavy atom. The summed E-state index contributed by atoms with van der Waals surface area (Å²) in [6, 6.07) is 9.68. The molecule has 3 rings (SSSR count). The Bertz CT molecular complexity index is 857. The van der Waals surface area contributed by atoms with Crippen molar-refractivity contribution >= 4 is 28.3 Å². The molecule has 0 aliphatic heterocycles. The number of likely N-dealkylation sites (N-methyl/N-ethyl adjacent to an activating group) is 1. The molecule has 0 atom stereocenters. The molecule has 0 aliphatic carbocycles. The summed E-state index contributed by atoms with van der Waals surface area (Å²) >= 11 is 0. The number of fused-ring (bicyclic) bond motifs is 1. The number of benzene rings is 1. The van der Waals surface area contributed by atoms with Crippen molar-refractivity contribution in [2.45, 2.75) is 13.8 Å². The van der Waals surface area contributed by atoms with Crippen LogP contribution in [0.5, 0.6) is 0 Å². The molecule has 1 aromatic carbocycles. The van der Waals surface area contributed by atoms with Gasteiger partial charge in [0.05, 0.1) is 12.1 Å². The van der Waals surface area contributed by atoms with Crippen molar-refractivity contribution in [3.63, 3.8) is 0 Å². The first-order chi connectivity index (χ1) is 11.0. The molecular weight excluding hydrogens is 292 g/mol. The molecule has 3 aromatic rings. The first kappa shape index (κ1) is 15.0. The first-order valence-corrected chi connectivity index (χ1v) is 7.32. The van der Waals surface area contributed by atoms with Crippen LogP contribution in [0, 0.1) is 13.8 Å². The topological polar surface area (TPSA) is 71.3 Å². The van der Waals surface area contributed by atoms with Crippen LogP contribution in [0.4, 0.5) is 11.5 Å². The molecule has 0 aliphatic rings. The minimum atomic E-state index is -0.154. The van der Waals surface area contributed by atoms with Gasteiger partial charge in [-0.1, -0.05) is 16.8 Å². The van der Waals surface area contributed by atoms with Gasteiger partial charge in [-0.2, -0.15) is 0 Å². The minimum Gasteiger partial charge on any atom is -0.365 e. The SMILES string of the molecule is Cc1ccc2nccc(N(C)CC(=O)Nc3cc(C)on3)c2c1. The predicted molar refractivity (Wildman–Crippen MR) is 89.6 cm³/mol. The van der Waals surface area contributed by atoms with E-state index in [1.807, 2.05) is 37.1 Å². The fraction of sp³-hybridized carbons (Fsp3) is 0.235. The zero-order valence-electron chi connectivity index (χ0n) is 13.3. The Balaban J connectivity index is 1.79. The third kappa shape index (κ3) is 3.31. The Morgan fingerprint density at radius 3 is 2.83 bits per heavy atom. The number of aryl methyl sites for hydroxylation is 2. The summed E-state index contributed by atoms with van der Waals surface area (Å²) in [5.74, 6) is 0.930. The summed E-state index contributed by atoms with van der Waals surface area (Å²) in [6.45, 7) is 4.02. The van der Waals surface area contributed by atoms with Crippen molar-refractivity contribution in [2.24, 2.45) is 0 Å². The number of amides is 1. The smallest absolute Gasteiger partial charge is 0.245 e. The van der Waals surface area contributed by atoms with Gasteiger partial charge in [-0.25, -0.2) is 0 Å². The summed E-state index contributed by atoms with van der Waals surface area (Å²) < 4.78 is 4.94. The lowest BCUT2D eigenvalue weighted by molar-refractivity contribution is -0.115. The summed E-state index contributed by atoms with van der Waals surface area (Å²) in [7, 11) is 1.88. The van der Waals surface area contributed by atoms with Gasteiger partial charge in [0, 0.05) is 30.4 Å². The lowest BCUT2D eigenvalue weighted by Gasteiger charge is -2.20. The van der Waals surface area contributed by atoms with E-state index in [1.165, 1.54) is 0 Å². The van der Waals surface area contributed by atoms with E-state index in [4.69, 9.17) is 4.52 Å². The van der Waals surface area contributed by atoms with E-state index < -0.39 is 0 Å². The number of pyridine rings is 1. The van der Waals surface area contributed by atoms with Gasteiger partial charge in [-0.05, 0) is 32.0 Å². The largest absolute Gasteiger partial charge is 0.365 e. The molecule has 1 N–H and O–H groups in total. The van der Waals surface area contributed by atoms with E-state index in [0.717, 1.165) is 22.2 Å². The summed E-state index contributed by atoms with van der Waals surface area (Å²) in [5, 5.41) is 7.51. The lowest BCUT2D eigenvalue weighted by atomic mass is 10.1. The average Bonchev–Trinajstić information content (AvgIpc) is 2.91. The second kappa shape index (κ2) is 6.08. The molecule has 118 valence electrons. The zero-order valence-corrected chi connectivity index (χ0v) is 13.3.